The molecule has 0 saturated heterocycles. The molecule has 1 rings (SSSR count). The first kappa shape index (κ1) is 11.6. The molecule has 1 aliphatic carbocycles. The van der Waals surface area contributed by atoms with Crippen molar-refractivity contribution in [3.8, 4) is 0 Å². The van der Waals surface area contributed by atoms with E-state index in [2.05, 4.69) is 19.6 Å². The number of hydrogen-bond donors (Lipinski definition) is 1. The molecule has 2 atom stereocenters. The van der Waals surface area contributed by atoms with Gasteiger partial charge >= 0.3 is 0 Å². The van der Waals surface area contributed by atoms with E-state index in [1.165, 1.54) is 6.08 Å². The van der Waals surface area contributed by atoms with Crippen LogP contribution in [0.2, 0.25) is 25.7 Å². The van der Waals surface area contributed by atoms with Gasteiger partial charge in [-0.1, -0.05) is 19.6 Å². The fourth-order valence-electron chi connectivity index (χ4n) is 1.20. The van der Waals surface area contributed by atoms with E-state index >= 15 is 0 Å². The Morgan fingerprint density at radius 3 is 2.57 bits per heavy atom. The zero-order valence-corrected chi connectivity index (χ0v) is 9.99. The highest BCUT2D eigenvalue weighted by molar-refractivity contribution is 6.76. The molecule has 0 bridgehead atoms. The van der Waals surface area contributed by atoms with Crippen molar-refractivity contribution in [1.29, 1.82) is 0 Å². The summed E-state index contributed by atoms with van der Waals surface area (Å²) < 4.78 is 5.44. The van der Waals surface area contributed by atoms with Gasteiger partial charge in [-0.05, 0) is 18.2 Å². The predicted molar refractivity (Wildman–Crippen MR) is 58.0 cm³/mol. The molecule has 0 aliphatic heterocycles. The van der Waals surface area contributed by atoms with E-state index in [0.717, 1.165) is 6.04 Å². The Hall–Kier alpha value is -0.453. The van der Waals surface area contributed by atoms with Gasteiger partial charge in [0.2, 0.25) is 0 Å². The number of aliphatic hydroxyl groups is 1. The van der Waals surface area contributed by atoms with Gasteiger partial charge in [-0.15, -0.1) is 0 Å². The standard InChI is InChI=1S/C10H18O3Si/c1-14(2,3)7-6-13-9-5-4-8(11)10(9)12/h4-5,9-10,12H,6-7H2,1-3H3/t9-,10-/m0/s1. The highest BCUT2D eigenvalue weighted by Gasteiger charge is 2.28. The summed E-state index contributed by atoms with van der Waals surface area (Å²) in [6.07, 6.45) is 1.64. The van der Waals surface area contributed by atoms with Gasteiger partial charge in [0.1, 0.15) is 12.2 Å². The maximum atomic E-state index is 10.9. The van der Waals surface area contributed by atoms with Gasteiger partial charge in [0.05, 0.1) is 0 Å². The molecular weight excluding hydrogens is 196 g/mol. The molecule has 80 valence electrons. The smallest absolute Gasteiger partial charge is 0.186 e. The average Bonchev–Trinajstić information content (AvgIpc) is 2.33. The van der Waals surface area contributed by atoms with Crippen molar-refractivity contribution in [3.05, 3.63) is 12.2 Å². The van der Waals surface area contributed by atoms with Gasteiger partial charge < -0.3 is 9.84 Å². The van der Waals surface area contributed by atoms with Crippen LogP contribution < -0.4 is 0 Å². The molecule has 0 fully saturated rings. The minimum absolute atomic E-state index is 0.247. The first-order valence-electron chi connectivity index (χ1n) is 4.92. The van der Waals surface area contributed by atoms with Crippen molar-refractivity contribution in [1.82, 2.24) is 0 Å². The van der Waals surface area contributed by atoms with Gasteiger partial charge in [0, 0.05) is 14.7 Å². The highest BCUT2D eigenvalue weighted by Crippen LogP contribution is 2.14. The monoisotopic (exact) mass is 214 g/mol. The SMILES string of the molecule is C[Si](C)(C)CCO[C@H]1C=CC(=O)[C@@H]1O. The molecule has 0 spiro atoms. The van der Waals surface area contributed by atoms with Crippen molar-refractivity contribution in [2.75, 3.05) is 6.61 Å². The average molecular weight is 214 g/mol. The minimum atomic E-state index is -1.08. The minimum Gasteiger partial charge on any atom is -0.382 e. The summed E-state index contributed by atoms with van der Waals surface area (Å²) in [6.45, 7) is 7.43. The molecule has 0 amide bonds. The van der Waals surface area contributed by atoms with E-state index in [-0.39, 0.29) is 5.78 Å². The van der Waals surface area contributed by atoms with Crippen LogP contribution >= 0.6 is 0 Å². The topological polar surface area (TPSA) is 46.5 Å². The number of ketones is 1. The molecule has 0 radical (unpaired) electrons. The Balaban J connectivity index is 2.27. The molecule has 0 aromatic heterocycles. The second kappa shape index (κ2) is 4.38. The van der Waals surface area contributed by atoms with Crippen LogP contribution in [0.4, 0.5) is 0 Å². The van der Waals surface area contributed by atoms with Crippen LogP contribution in [0.25, 0.3) is 0 Å². The summed E-state index contributed by atoms with van der Waals surface area (Å²) in [5, 5.41) is 9.36. The Labute approximate surface area is 85.8 Å². The molecule has 14 heavy (non-hydrogen) atoms. The second-order valence-corrected chi connectivity index (χ2v) is 10.5. The fraction of sp³-hybridized carbons (Fsp3) is 0.700. The van der Waals surface area contributed by atoms with Crippen LogP contribution in [-0.4, -0.2) is 37.8 Å². The molecule has 1 aliphatic rings. The third-order valence-electron chi connectivity index (χ3n) is 2.22. The lowest BCUT2D eigenvalue weighted by Gasteiger charge is -2.18. The third-order valence-corrected chi connectivity index (χ3v) is 3.92. The molecule has 1 N–H and O–H groups in total. The van der Waals surface area contributed by atoms with E-state index in [0.29, 0.717) is 6.61 Å². The lowest BCUT2D eigenvalue weighted by molar-refractivity contribution is -0.126. The van der Waals surface area contributed by atoms with Crippen molar-refractivity contribution in [2.24, 2.45) is 0 Å². The van der Waals surface area contributed by atoms with Gasteiger partial charge in [-0.2, -0.15) is 0 Å². The molecule has 0 unspecified atom stereocenters. The van der Waals surface area contributed by atoms with Gasteiger partial charge in [-0.3, -0.25) is 4.79 Å². The van der Waals surface area contributed by atoms with Crippen LogP contribution in [0, 0.1) is 0 Å². The van der Waals surface area contributed by atoms with E-state index in [4.69, 9.17) is 4.74 Å². The number of carbonyl (C=O) groups excluding carboxylic acids is 1. The lowest BCUT2D eigenvalue weighted by atomic mass is 10.2. The van der Waals surface area contributed by atoms with Crippen LogP contribution in [0.1, 0.15) is 0 Å². The van der Waals surface area contributed by atoms with Crippen molar-refractivity contribution in [2.45, 2.75) is 37.9 Å². The highest BCUT2D eigenvalue weighted by atomic mass is 28.3. The van der Waals surface area contributed by atoms with Crippen molar-refractivity contribution < 1.29 is 14.6 Å². The summed E-state index contributed by atoms with van der Waals surface area (Å²) in [5.74, 6) is -0.247. The molecule has 4 heteroatoms. The first-order chi connectivity index (χ1) is 6.40. The maximum absolute atomic E-state index is 10.9. The molecular formula is C10H18O3Si. The molecule has 3 nitrogen and oxygen atoms in total. The zero-order valence-electron chi connectivity index (χ0n) is 8.99. The molecule has 0 heterocycles. The normalized spacial score (nSPS) is 27.3. The Morgan fingerprint density at radius 1 is 1.50 bits per heavy atom. The van der Waals surface area contributed by atoms with E-state index in [1.54, 1.807) is 6.08 Å². The largest absolute Gasteiger partial charge is 0.382 e. The Kier molecular flexibility index (Phi) is 3.63. The summed E-state index contributed by atoms with van der Waals surface area (Å²) in [6, 6.07) is 1.05. The molecule has 0 aromatic carbocycles. The lowest BCUT2D eigenvalue weighted by Crippen LogP contribution is -2.30. The van der Waals surface area contributed by atoms with Gasteiger partial charge in [0.15, 0.2) is 5.78 Å². The summed E-state index contributed by atoms with van der Waals surface area (Å²) in [4.78, 5) is 10.9. The second-order valence-electron chi connectivity index (χ2n) is 4.85. The number of hydrogen-bond acceptors (Lipinski definition) is 3. The number of ether oxygens (including phenoxy) is 1. The van der Waals surface area contributed by atoms with Crippen LogP contribution in [-0.2, 0) is 9.53 Å². The number of carbonyl (C=O) groups is 1. The van der Waals surface area contributed by atoms with Crippen molar-refractivity contribution in [3.63, 3.8) is 0 Å². The fourth-order valence-corrected chi connectivity index (χ4v) is 1.93. The quantitative estimate of drug-likeness (QED) is 0.716. The van der Waals surface area contributed by atoms with E-state index in [1.807, 2.05) is 0 Å². The number of aliphatic hydroxyl groups excluding tert-OH is 1. The Bertz CT molecular complexity index is 242. The molecule has 0 aromatic rings. The summed E-state index contributed by atoms with van der Waals surface area (Å²) in [7, 11) is -1.08. The predicted octanol–water partition coefficient (Wildman–Crippen LogP) is 1.21. The van der Waals surface area contributed by atoms with E-state index in [9.17, 15) is 9.90 Å². The maximum Gasteiger partial charge on any atom is 0.186 e. The first-order valence-corrected chi connectivity index (χ1v) is 8.62. The molecule has 0 saturated carbocycles. The van der Waals surface area contributed by atoms with Crippen LogP contribution in [0.5, 0.6) is 0 Å². The van der Waals surface area contributed by atoms with Crippen molar-refractivity contribution >= 4 is 13.9 Å². The van der Waals surface area contributed by atoms with Crippen LogP contribution in [0.15, 0.2) is 12.2 Å². The van der Waals surface area contributed by atoms with Crippen LogP contribution in [0.3, 0.4) is 0 Å². The van der Waals surface area contributed by atoms with Gasteiger partial charge in [-0.25, -0.2) is 0 Å². The summed E-state index contributed by atoms with van der Waals surface area (Å²) in [5.41, 5.74) is 0. The Morgan fingerprint density at radius 2 is 2.14 bits per heavy atom. The third kappa shape index (κ3) is 3.36. The van der Waals surface area contributed by atoms with Gasteiger partial charge in [0.25, 0.3) is 0 Å². The zero-order chi connectivity index (χ0) is 10.8. The van der Waals surface area contributed by atoms with E-state index < -0.39 is 20.3 Å². The number of rotatable bonds is 4. The summed E-state index contributed by atoms with van der Waals surface area (Å²) >= 11 is 0.